The molecule has 0 aromatic rings. The first-order valence-electron chi connectivity index (χ1n) is 7.37. The fraction of sp³-hybridized carbons (Fsp3) is 1.00. The minimum atomic E-state index is -0.504. The first-order valence-corrected chi connectivity index (χ1v) is 7.37. The maximum absolute atomic E-state index is 10.4. The lowest BCUT2D eigenvalue weighted by molar-refractivity contribution is 0.0231. The summed E-state index contributed by atoms with van der Waals surface area (Å²) >= 11 is 0. The minimum Gasteiger partial charge on any atom is -0.390 e. The van der Waals surface area contributed by atoms with Crippen molar-refractivity contribution in [3.63, 3.8) is 0 Å². The van der Waals surface area contributed by atoms with Crippen LogP contribution >= 0.6 is 0 Å². The van der Waals surface area contributed by atoms with E-state index >= 15 is 0 Å². The fourth-order valence-corrected chi connectivity index (χ4v) is 2.30. The molecule has 0 radical (unpaired) electrons. The van der Waals surface area contributed by atoms with Crippen LogP contribution in [0.1, 0.15) is 73.1 Å². The fourth-order valence-electron chi connectivity index (χ4n) is 2.30. The van der Waals surface area contributed by atoms with Crippen LogP contribution < -0.4 is 5.32 Å². The molecular formula is C15H33NO. The molecule has 2 unspecified atom stereocenters. The molecular weight excluding hydrogens is 210 g/mol. The summed E-state index contributed by atoms with van der Waals surface area (Å²) in [5.41, 5.74) is -0.504. The van der Waals surface area contributed by atoms with Crippen molar-refractivity contribution in [3.8, 4) is 0 Å². The maximum atomic E-state index is 10.4. The van der Waals surface area contributed by atoms with E-state index in [1.165, 1.54) is 25.7 Å². The van der Waals surface area contributed by atoms with Gasteiger partial charge in [0, 0.05) is 6.04 Å². The Labute approximate surface area is 108 Å². The van der Waals surface area contributed by atoms with Gasteiger partial charge in [0.1, 0.15) is 0 Å². The molecule has 17 heavy (non-hydrogen) atoms. The van der Waals surface area contributed by atoms with Crippen LogP contribution in [-0.4, -0.2) is 23.3 Å². The van der Waals surface area contributed by atoms with Crippen LogP contribution in [0, 0.1) is 5.92 Å². The Morgan fingerprint density at radius 2 is 1.88 bits per heavy atom. The lowest BCUT2D eigenvalue weighted by Gasteiger charge is -2.28. The van der Waals surface area contributed by atoms with E-state index in [9.17, 15) is 5.11 Å². The van der Waals surface area contributed by atoms with Crippen molar-refractivity contribution in [2.45, 2.75) is 84.8 Å². The van der Waals surface area contributed by atoms with Gasteiger partial charge in [-0.05, 0) is 32.2 Å². The number of nitrogens with one attached hydrogen (secondary N) is 1. The third-order valence-corrected chi connectivity index (χ3v) is 3.49. The highest BCUT2D eigenvalue weighted by atomic mass is 16.3. The highest BCUT2D eigenvalue weighted by Crippen LogP contribution is 2.26. The lowest BCUT2D eigenvalue weighted by atomic mass is 9.85. The van der Waals surface area contributed by atoms with E-state index < -0.39 is 5.60 Å². The monoisotopic (exact) mass is 243 g/mol. The van der Waals surface area contributed by atoms with Gasteiger partial charge in [-0.1, -0.05) is 53.4 Å². The molecule has 0 bridgehead atoms. The van der Waals surface area contributed by atoms with Crippen molar-refractivity contribution in [1.29, 1.82) is 0 Å². The molecule has 0 rings (SSSR count). The lowest BCUT2D eigenvalue weighted by Crippen LogP contribution is -2.34. The molecule has 0 saturated carbocycles. The summed E-state index contributed by atoms with van der Waals surface area (Å²) in [5.74, 6) is 0.684. The molecule has 0 aliphatic carbocycles. The molecule has 0 fully saturated rings. The van der Waals surface area contributed by atoms with E-state index in [2.05, 4.69) is 33.0 Å². The van der Waals surface area contributed by atoms with Crippen LogP contribution in [0.4, 0.5) is 0 Å². The van der Waals surface area contributed by atoms with Crippen LogP contribution in [0.3, 0.4) is 0 Å². The SMILES string of the molecule is CCCCC(CC)CC(C)(O)CCNC(C)C. The van der Waals surface area contributed by atoms with Crippen LogP contribution in [0.2, 0.25) is 0 Å². The Kier molecular flexibility index (Phi) is 8.89. The van der Waals surface area contributed by atoms with E-state index in [4.69, 9.17) is 0 Å². The van der Waals surface area contributed by atoms with Crippen LogP contribution in [0.5, 0.6) is 0 Å². The summed E-state index contributed by atoms with van der Waals surface area (Å²) in [6, 6.07) is 0.507. The second-order valence-electron chi connectivity index (χ2n) is 5.98. The van der Waals surface area contributed by atoms with Gasteiger partial charge in [-0.3, -0.25) is 0 Å². The molecule has 2 N–H and O–H groups in total. The van der Waals surface area contributed by atoms with Crippen molar-refractivity contribution in [1.82, 2.24) is 5.32 Å². The Balaban J connectivity index is 3.93. The van der Waals surface area contributed by atoms with Gasteiger partial charge in [-0.15, -0.1) is 0 Å². The summed E-state index contributed by atoms with van der Waals surface area (Å²) in [6.07, 6.45) is 6.80. The van der Waals surface area contributed by atoms with Crippen molar-refractivity contribution in [2.24, 2.45) is 5.92 Å². The van der Waals surface area contributed by atoms with Gasteiger partial charge in [-0.2, -0.15) is 0 Å². The predicted octanol–water partition coefficient (Wildman–Crippen LogP) is 3.73. The molecule has 0 spiro atoms. The zero-order valence-corrected chi connectivity index (χ0v) is 12.6. The zero-order valence-electron chi connectivity index (χ0n) is 12.6. The molecule has 2 atom stereocenters. The Morgan fingerprint density at radius 3 is 2.35 bits per heavy atom. The second kappa shape index (κ2) is 8.93. The van der Waals surface area contributed by atoms with Crippen molar-refractivity contribution >= 4 is 0 Å². The molecule has 0 heterocycles. The average Bonchev–Trinajstić information content (AvgIpc) is 2.23. The standard InChI is InChI=1S/C15H33NO/c1-6-8-9-14(7-2)12-15(5,17)10-11-16-13(3)4/h13-14,16-17H,6-12H2,1-5H3. The first-order chi connectivity index (χ1) is 7.91. The van der Waals surface area contributed by atoms with Crippen molar-refractivity contribution < 1.29 is 5.11 Å². The maximum Gasteiger partial charge on any atom is 0.0634 e. The van der Waals surface area contributed by atoms with E-state index in [0.29, 0.717) is 12.0 Å². The topological polar surface area (TPSA) is 32.3 Å². The van der Waals surface area contributed by atoms with E-state index in [1.54, 1.807) is 0 Å². The molecule has 0 aromatic heterocycles. The zero-order chi connectivity index (χ0) is 13.3. The summed E-state index contributed by atoms with van der Waals surface area (Å²) in [4.78, 5) is 0. The normalized spacial score (nSPS) is 17.1. The number of hydrogen-bond acceptors (Lipinski definition) is 2. The van der Waals surface area contributed by atoms with Crippen LogP contribution in [-0.2, 0) is 0 Å². The third kappa shape index (κ3) is 9.61. The smallest absolute Gasteiger partial charge is 0.0634 e. The molecule has 2 nitrogen and oxygen atoms in total. The summed E-state index contributed by atoms with van der Waals surface area (Å²) in [6.45, 7) is 11.7. The molecule has 2 heteroatoms. The van der Waals surface area contributed by atoms with E-state index in [1.807, 2.05) is 6.92 Å². The first kappa shape index (κ1) is 16.9. The Bertz CT molecular complexity index is 178. The number of aliphatic hydroxyl groups is 1. The predicted molar refractivity (Wildman–Crippen MR) is 76.3 cm³/mol. The van der Waals surface area contributed by atoms with E-state index in [0.717, 1.165) is 19.4 Å². The molecule has 0 aliphatic heterocycles. The third-order valence-electron chi connectivity index (χ3n) is 3.49. The molecule has 0 amide bonds. The second-order valence-corrected chi connectivity index (χ2v) is 5.98. The highest BCUT2D eigenvalue weighted by Gasteiger charge is 2.23. The number of hydrogen-bond donors (Lipinski definition) is 2. The van der Waals surface area contributed by atoms with Gasteiger partial charge in [0.25, 0.3) is 0 Å². The van der Waals surface area contributed by atoms with Gasteiger partial charge in [-0.25, -0.2) is 0 Å². The minimum absolute atomic E-state index is 0.504. The molecule has 104 valence electrons. The van der Waals surface area contributed by atoms with Crippen LogP contribution in [0.15, 0.2) is 0 Å². The van der Waals surface area contributed by atoms with Crippen molar-refractivity contribution in [3.05, 3.63) is 0 Å². The van der Waals surface area contributed by atoms with Gasteiger partial charge in [0.15, 0.2) is 0 Å². The van der Waals surface area contributed by atoms with Crippen LogP contribution in [0.25, 0.3) is 0 Å². The van der Waals surface area contributed by atoms with Gasteiger partial charge >= 0.3 is 0 Å². The quantitative estimate of drug-likeness (QED) is 0.613. The number of unbranched alkanes of at least 4 members (excludes halogenated alkanes) is 1. The van der Waals surface area contributed by atoms with E-state index in [-0.39, 0.29) is 0 Å². The molecule has 0 aliphatic rings. The number of rotatable bonds is 10. The summed E-state index contributed by atoms with van der Waals surface area (Å²) < 4.78 is 0. The summed E-state index contributed by atoms with van der Waals surface area (Å²) in [7, 11) is 0. The summed E-state index contributed by atoms with van der Waals surface area (Å²) in [5, 5.41) is 13.8. The van der Waals surface area contributed by atoms with Gasteiger partial charge in [0.05, 0.1) is 5.60 Å². The van der Waals surface area contributed by atoms with Gasteiger partial charge in [0.2, 0.25) is 0 Å². The largest absolute Gasteiger partial charge is 0.390 e. The molecule has 0 aromatic carbocycles. The Morgan fingerprint density at radius 1 is 1.24 bits per heavy atom. The average molecular weight is 243 g/mol. The van der Waals surface area contributed by atoms with Gasteiger partial charge < -0.3 is 10.4 Å². The Hall–Kier alpha value is -0.0800. The highest BCUT2D eigenvalue weighted by molar-refractivity contribution is 4.77. The van der Waals surface area contributed by atoms with Crippen molar-refractivity contribution in [2.75, 3.05) is 6.54 Å². The molecule has 0 saturated heterocycles.